The molecule has 4 heteroatoms. The van der Waals surface area contributed by atoms with Gasteiger partial charge in [0.15, 0.2) is 0 Å². The van der Waals surface area contributed by atoms with Gasteiger partial charge in [0.05, 0.1) is 5.69 Å². The first-order chi connectivity index (χ1) is 10.6. The van der Waals surface area contributed by atoms with Crippen molar-refractivity contribution in [2.45, 2.75) is 13.8 Å². The topological polar surface area (TPSA) is 30.2 Å². The van der Waals surface area contributed by atoms with Gasteiger partial charge in [-0.1, -0.05) is 22.0 Å². The second-order valence-electron chi connectivity index (χ2n) is 5.08. The number of aliphatic imine (C=N–C) groups is 1. The number of hydrogen-bond acceptors (Lipinski definition) is 2. The molecule has 2 aromatic heterocycles. The maximum absolute atomic E-state index is 4.55. The summed E-state index contributed by atoms with van der Waals surface area (Å²) >= 11 is 3.43. The minimum Gasteiger partial charge on any atom is -0.303 e. The summed E-state index contributed by atoms with van der Waals surface area (Å²) in [6.07, 6.45) is 3.72. The smallest absolute Gasteiger partial charge is 0.136 e. The Morgan fingerprint density at radius 3 is 2.55 bits per heavy atom. The van der Waals surface area contributed by atoms with E-state index >= 15 is 0 Å². The largest absolute Gasteiger partial charge is 0.303 e. The highest BCUT2D eigenvalue weighted by atomic mass is 79.9. The predicted molar refractivity (Wildman–Crippen MR) is 94.4 cm³/mol. The van der Waals surface area contributed by atoms with E-state index in [1.54, 1.807) is 0 Å². The molecule has 0 atom stereocenters. The van der Waals surface area contributed by atoms with Crippen LogP contribution in [0.2, 0.25) is 0 Å². The van der Waals surface area contributed by atoms with Crippen LogP contribution in [-0.4, -0.2) is 15.8 Å². The zero-order chi connectivity index (χ0) is 15.5. The summed E-state index contributed by atoms with van der Waals surface area (Å²) in [5.41, 5.74) is 4.32. The molecular weight excluding hydrogens is 338 g/mol. The molecule has 2 heterocycles. The quantitative estimate of drug-likeness (QED) is 0.609. The summed E-state index contributed by atoms with van der Waals surface area (Å²) in [5.74, 6) is 0.931. The van der Waals surface area contributed by atoms with Gasteiger partial charge in [0.1, 0.15) is 5.82 Å². The second kappa shape index (κ2) is 6.28. The standard InChI is InChI=1S/C18H16BrN3/c1-13-11-15(12-21-17-8-6-16(19)7-9-17)14(2)22(13)18-5-3-4-10-20-18/h3-12H,1-2H3. The molecule has 3 rings (SSSR count). The Balaban J connectivity index is 1.94. The van der Waals surface area contributed by atoms with Crippen LogP contribution in [0.4, 0.5) is 5.69 Å². The van der Waals surface area contributed by atoms with Crippen LogP contribution in [0.3, 0.4) is 0 Å². The van der Waals surface area contributed by atoms with E-state index in [0.29, 0.717) is 0 Å². The molecule has 0 bridgehead atoms. The Morgan fingerprint density at radius 1 is 1.09 bits per heavy atom. The Hall–Kier alpha value is -2.20. The van der Waals surface area contributed by atoms with Crippen LogP contribution in [0, 0.1) is 13.8 Å². The van der Waals surface area contributed by atoms with E-state index in [1.807, 2.05) is 54.9 Å². The first-order valence-electron chi connectivity index (χ1n) is 7.05. The molecule has 0 aliphatic rings. The van der Waals surface area contributed by atoms with Crippen LogP contribution >= 0.6 is 15.9 Å². The normalized spacial score (nSPS) is 11.2. The molecular formula is C18H16BrN3. The molecule has 0 saturated carbocycles. The molecule has 0 unspecified atom stereocenters. The van der Waals surface area contributed by atoms with Crippen molar-refractivity contribution in [3.8, 4) is 5.82 Å². The molecule has 0 fully saturated rings. The Morgan fingerprint density at radius 2 is 1.86 bits per heavy atom. The number of hydrogen-bond donors (Lipinski definition) is 0. The predicted octanol–water partition coefficient (Wildman–Crippen LogP) is 5.00. The number of nitrogens with zero attached hydrogens (tertiary/aromatic N) is 3. The minimum absolute atomic E-state index is 0.931. The highest BCUT2D eigenvalue weighted by Gasteiger charge is 2.09. The first kappa shape index (κ1) is 14.7. The van der Waals surface area contributed by atoms with Crippen molar-refractivity contribution >= 4 is 27.8 Å². The van der Waals surface area contributed by atoms with Gasteiger partial charge in [0.2, 0.25) is 0 Å². The summed E-state index contributed by atoms with van der Waals surface area (Å²) in [5, 5.41) is 0. The van der Waals surface area contributed by atoms with Gasteiger partial charge in [-0.05, 0) is 56.3 Å². The Kier molecular flexibility index (Phi) is 4.20. The van der Waals surface area contributed by atoms with Gasteiger partial charge in [-0.15, -0.1) is 0 Å². The molecule has 0 radical (unpaired) electrons. The van der Waals surface area contributed by atoms with Gasteiger partial charge >= 0.3 is 0 Å². The molecule has 0 saturated heterocycles. The summed E-state index contributed by atoms with van der Waals surface area (Å²) in [6, 6.07) is 16.0. The second-order valence-corrected chi connectivity index (χ2v) is 6.00. The number of benzene rings is 1. The van der Waals surface area contributed by atoms with Crippen LogP contribution in [0.1, 0.15) is 17.0 Å². The lowest BCUT2D eigenvalue weighted by atomic mass is 10.2. The van der Waals surface area contributed by atoms with Crippen molar-refractivity contribution in [2.24, 2.45) is 4.99 Å². The average Bonchev–Trinajstić information content (AvgIpc) is 2.82. The van der Waals surface area contributed by atoms with E-state index in [9.17, 15) is 0 Å². The summed E-state index contributed by atoms with van der Waals surface area (Å²) in [4.78, 5) is 8.97. The van der Waals surface area contributed by atoms with Crippen molar-refractivity contribution in [1.82, 2.24) is 9.55 Å². The molecule has 0 aliphatic heterocycles. The zero-order valence-electron chi connectivity index (χ0n) is 12.5. The van der Waals surface area contributed by atoms with Gasteiger partial charge in [-0.3, -0.25) is 4.99 Å². The van der Waals surface area contributed by atoms with Crippen molar-refractivity contribution in [1.29, 1.82) is 0 Å². The van der Waals surface area contributed by atoms with Crippen LogP contribution in [-0.2, 0) is 0 Å². The number of pyridine rings is 1. The molecule has 110 valence electrons. The SMILES string of the molecule is Cc1cc(C=Nc2ccc(Br)cc2)c(C)n1-c1ccccn1. The van der Waals surface area contributed by atoms with E-state index < -0.39 is 0 Å². The third-order valence-corrected chi connectivity index (χ3v) is 4.06. The van der Waals surface area contributed by atoms with E-state index in [0.717, 1.165) is 32.9 Å². The molecule has 0 spiro atoms. The van der Waals surface area contributed by atoms with Crippen LogP contribution in [0.5, 0.6) is 0 Å². The highest BCUT2D eigenvalue weighted by molar-refractivity contribution is 9.10. The van der Waals surface area contributed by atoms with E-state index in [1.165, 1.54) is 0 Å². The molecule has 3 aromatic rings. The fraction of sp³-hybridized carbons (Fsp3) is 0.111. The highest BCUT2D eigenvalue weighted by Crippen LogP contribution is 2.20. The van der Waals surface area contributed by atoms with Crippen molar-refractivity contribution in [2.75, 3.05) is 0 Å². The Labute approximate surface area is 138 Å². The van der Waals surface area contributed by atoms with Crippen LogP contribution in [0.25, 0.3) is 5.82 Å². The lowest BCUT2D eigenvalue weighted by Gasteiger charge is -2.07. The molecule has 22 heavy (non-hydrogen) atoms. The van der Waals surface area contributed by atoms with Crippen LogP contribution < -0.4 is 0 Å². The summed E-state index contributed by atoms with van der Waals surface area (Å²) in [6.45, 7) is 4.17. The minimum atomic E-state index is 0.931. The van der Waals surface area contributed by atoms with Crippen molar-refractivity contribution in [3.63, 3.8) is 0 Å². The zero-order valence-corrected chi connectivity index (χ0v) is 14.1. The van der Waals surface area contributed by atoms with E-state index in [2.05, 4.69) is 50.4 Å². The Bertz CT molecular complexity index is 802. The number of rotatable bonds is 3. The van der Waals surface area contributed by atoms with Gasteiger partial charge in [0, 0.05) is 33.8 Å². The fourth-order valence-corrected chi connectivity index (χ4v) is 2.69. The third-order valence-electron chi connectivity index (χ3n) is 3.53. The average molecular weight is 354 g/mol. The fourth-order valence-electron chi connectivity index (χ4n) is 2.43. The summed E-state index contributed by atoms with van der Waals surface area (Å²) < 4.78 is 3.20. The van der Waals surface area contributed by atoms with Crippen molar-refractivity contribution in [3.05, 3.63) is 76.2 Å². The lowest BCUT2D eigenvalue weighted by molar-refractivity contribution is 0.921. The number of halogens is 1. The molecule has 3 nitrogen and oxygen atoms in total. The number of aromatic nitrogens is 2. The van der Waals surface area contributed by atoms with Crippen molar-refractivity contribution < 1.29 is 0 Å². The molecule has 0 aliphatic carbocycles. The molecule has 0 N–H and O–H groups in total. The maximum Gasteiger partial charge on any atom is 0.136 e. The van der Waals surface area contributed by atoms with Crippen LogP contribution in [0.15, 0.2) is 64.2 Å². The van der Waals surface area contributed by atoms with Gasteiger partial charge in [0.25, 0.3) is 0 Å². The maximum atomic E-state index is 4.55. The third kappa shape index (κ3) is 3.02. The van der Waals surface area contributed by atoms with E-state index in [4.69, 9.17) is 0 Å². The lowest BCUT2D eigenvalue weighted by Crippen LogP contribution is -2.01. The molecule has 0 amide bonds. The van der Waals surface area contributed by atoms with Gasteiger partial charge in [-0.25, -0.2) is 4.98 Å². The monoisotopic (exact) mass is 353 g/mol. The number of aryl methyl sites for hydroxylation is 1. The molecule has 1 aromatic carbocycles. The van der Waals surface area contributed by atoms with E-state index in [-0.39, 0.29) is 0 Å². The van der Waals surface area contributed by atoms with Gasteiger partial charge in [-0.2, -0.15) is 0 Å². The van der Waals surface area contributed by atoms with Gasteiger partial charge < -0.3 is 4.57 Å². The summed E-state index contributed by atoms with van der Waals surface area (Å²) in [7, 11) is 0. The first-order valence-corrected chi connectivity index (χ1v) is 7.84.